The molecule has 10 heteroatoms. The van der Waals surface area contributed by atoms with Crippen molar-refractivity contribution in [1.29, 1.82) is 0 Å². The molecule has 120 valence electrons. The second-order valence-electron chi connectivity index (χ2n) is 4.71. The molecule has 10 nitrogen and oxygen atoms in total. The molecule has 0 aliphatic rings. The number of carboxylic acid groups (broad SMARTS) is 1. The summed E-state index contributed by atoms with van der Waals surface area (Å²) < 4.78 is 0. The first-order valence-electron chi connectivity index (χ1n) is 6.39. The Hall–Kier alpha value is -2.59. The van der Waals surface area contributed by atoms with Gasteiger partial charge in [0.05, 0.1) is 15.9 Å². The van der Waals surface area contributed by atoms with E-state index in [1.54, 1.807) is 0 Å². The van der Waals surface area contributed by atoms with Gasteiger partial charge in [-0.25, -0.2) is 0 Å². The molecule has 0 bridgehead atoms. The second kappa shape index (κ2) is 7.43. The number of aliphatic carboxylic acids is 1. The summed E-state index contributed by atoms with van der Waals surface area (Å²) in [5.41, 5.74) is 10.4. The number of nitro benzene ring substituents is 2. The van der Waals surface area contributed by atoms with Gasteiger partial charge in [-0.15, -0.1) is 0 Å². The van der Waals surface area contributed by atoms with Gasteiger partial charge in [0, 0.05) is 17.5 Å². The van der Waals surface area contributed by atoms with E-state index in [0.717, 1.165) is 12.1 Å². The zero-order valence-electron chi connectivity index (χ0n) is 11.5. The smallest absolute Gasteiger partial charge is 0.320 e. The summed E-state index contributed by atoms with van der Waals surface area (Å²) in [6, 6.07) is 2.21. The molecule has 0 amide bonds. The maximum absolute atomic E-state index is 11.1. The van der Waals surface area contributed by atoms with Crippen LogP contribution in [0.3, 0.4) is 0 Å². The van der Waals surface area contributed by atoms with Crippen molar-refractivity contribution in [1.82, 2.24) is 0 Å². The van der Waals surface area contributed by atoms with Crippen LogP contribution in [0.15, 0.2) is 18.2 Å². The van der Waals surface area contributed by atoms with Crippen molar-refractivity contribution in [2.45, 2.75) is 24.8 Å². The number of rotatable bonds is 8. The van der Waals surface area contributed by atoms with E-state index in [1.165, 1.54) is 6.07 Å². The highest BCUT2D eigenvalue weighted by molar-refractivity contribution is 5.73. The first-order chi connectivity index (χ1) is 10.3. The Balaban J connectivity index is 3.07. The fourth-order valence-corrected chi connectivity index (χ4v) is 2.05. The maximum atomic E-state index is 11.1. The highest BCUT2D eigenvalue weighted by Crippen LogP contribution is 2.32. The Morgan fingerprint density at radius 2 is 1.86 bits per heavy atom. The van der Waals surface area contributed by atoms with Crippen molar-refractivity contribution < 1.29 is 19.7 Å². The van der Waals surface area contributed by atoms with E-state index < -0.39 is 39.2 Å². The predicted molar refractivity (Wildman–Crippen MR) is 76.4 cm³/mol. The molecule has 0 saturated carbocycles. The van der Waals surface area contributed by atoms with Gasteiger partial charge in [-0.1, -0.05) is 0 Å². The van der Waals surface area contributed by atoms with Gasteiger partial charge in [-0.2, -0.15) is 0 Å². The van der Waals surface area contributed by atoms with Gasteiger partial charge in [-0.05, 0) is 25.5 Å². The normalized spacial score (nSPS) is 13.4. The van der Waals surface area contributed by atoms with Crippen LogP contribution in [-0.2, 0) is 4.79 Å². The minimum absolute atomic E-state index is 0.0327. The van der Waals surface area contributed by atoms with Crippen LogP contribution in [0.5, 0.6) is 0 Å². The van der Waals surface area contributed by atoms with E-state index in [2.05, 4.69) is 0 Å². The highest BCUT2D eigenvalue weighted by Gasteiger charge is 2.25. The molecule has 0 aliphatic carbocycles. The minimum atomic E-state index is -1.17. The van der Waals surface area contributed by atoms with Crippen LogP contribution in [0.2, 0.25) is 0 Å². The largest absolute Gasteiger partial charge is 0.480 e. The van der Waals surface area contributed by atoms with Crippen LogP contribution in [0.1, 0.15) is 24.3 Å². The summed E-state index contributed by atoms with van der Waals surface area (Å²) >= 11 is 0. The van der Waals surface area contributed by atoms with Crippen LogP contribution in [0.4, 0.5) is 11.4 Å². The molecule has 2 atom stereocenters. The quantitative estimate of drug-likeness (QED) is 0.464. The molecule has 5 N–H and O–H groups in total. The summed E-state index contributed by atoms with van der Waals surface area (Å²) in [6.07, 6.45) is 0.313. The minimum Gasteiger partial charge on any atom is -0.480 e. The number of carbonyl (C=O) groups is 1. The average Bonchev–Trinajstić information content (AvgIpc) is 2.47. The number of non-ortho nitro benzene ring substituents is 1. The fraction of sp³-hybridized carbons (Fsp3) is 0.417. The number of nitrogens with zero attached hydrogens (tertiary/aromatic N) is 2. The lowest BCUT2D eigenvalue weighted by Gasteiger charge is -2.16. The number of benzene rings is 1. The molecule has 0 heterocycles. The summed E-state index contributed by atoms with van der Waals surface area (Å²) in [7, 11) is 0. The lowest BCUT2D eigenvalue weighted by atomic mass is 9.91. The molecule has 0 fully saturated rings. The molecule has 0 radical (unpaired) electrons. The van der Waals surface area contributed by atoms with Crippen molar-refractivity contribution in [2.24, 2.45) is 11.5 Å². The summed E-state index contributed by atoms with van der Waals surface area (Å²) in [5, 5.41) is 30.5. The van der Waals surface area contributed by atoms with Crippen molar-refractivity contribution >= 4 is 17.3 Å². The summed E-state index contributed by atoms with van der Waals surface area (Å²) in [4.78, 5) is 31.0. The van der Waals surface area contributed by atoms with Gasteiger partial charge in [0.2, 0.25) is 0 Å². The number of hydrogen-bond acceptors (Lipinski definition) is 7. The number of hydrogen-bond donors (Lipinski definition) is 3. The lowest BCUT2D eigenvalue weighted by Crippen LogP contribution is -2.31. The first kappa shape index (κ1) is 17.5. The summed E-state index contributed by atoms with van der Waals surface area (Å²) in [6.45, 7) is 0.0327. The third-order valence-corrected chi connectivity index (χ3v) is 3.29. The van der Waals surface area contributed by atoms with Crippen LogP contribution >= 0.6 is 0 Å². The summed E-state index contributed by atoms with van der Waals surface area (Å²) in [5.74, 6) is -1.68. The number of carboxylic acids is 1. The van der Waals surface area contributed by atoms with Crippen molar-refractivity contribution in [3.8, 4) is 0 Å². The van der Waals surface area contributed by atoms with Gasteiger partial charge in [0.15, 0.2) is 0 Å². The van der Waals surface area contributed by atoms with E-state index in [-0.39, 0.29) is 24.9 Å². The van der Waals surface area contributed by atoms with Crippen LogP contribution < -0.4 is 11.5 Å². The van der Waals surface area contributed by atoms with E-state index in [0.29, 0.717) is 0 Å². The molecular formula is C12H16N4O6. The van der Waals surface area contributed by atoms with Gasteiger partial charge < -0.3 is 16.6 Å². The van der Waals surface area contributed by atoms with Crippen molar-refractivity contribution in [2.75, 3.05) is 6.54 Å². The Morgan fingerprint density at radius 3 is 2.32 bits per heavy atom. The Bertz CT molecular complexity index is 591. The Labute approximate surface area is 125 Å². The van der Waals surface area contributed by atoms with Gasteiger partial charge >= 0.3 is 5.97 Å². The standard InChI is InChI=1S/C12H16N4O6/c13-6-7(1-4-10(14)12(17)18)9-3-2-8(15(19)20)5-11(9)16(21)22/h2-3,5,7,10H,1,4,6,13-14H2,(H,17,18)/t7?,10-/m0/s1. The maximum Gasteiger partial charge on any atom is 0.320 e. The molecule has 0 saturated heterocycles. The zero-order valence-corrected chi connectivity index (χ0v) is 11.5. The predicted octanol–water partition coefficient (Wildman–Crippen LogP) is 0.737. The van der Waals surface area contributed by atoms with E-state index >= 15 is 0 Å². The first-order valence-corrected chi connectivity index (χ1v) is 6.39. The molecule has 0 spiro atoms. The molecular weight excluding hydrogens is 296 g/mol. The van der Waals surface area contributed by atoms with Crippen LogP contribution in [-0.4, -0.2) is 33.5 Å². The second-order valence-corrected chi connectivity index (χ2v) is 4.71. The Kier molecular flexibility index (Phi) is 5.90. The molecule has 1 aromatic rings. The SMILES string of the molecule is NCC(CC[C@H](N)C(=O)O)c1ccc([N+](=O)[O-])cc1[N+](=O)[O-]. The van der Waals surface area contributed by atoms with Crippen molar-refractivity contribution in [3.05, 3.63) is 44.0 Å². The van der Waals surface area contributed by atoms with Crippen LogP contribution in [0, 0.1) is 20.2 Å². The van der Waals surface area contributed by atoms with Crippen molar-refractivity contribution in [3.63, 3.8) is 0 Å². The number of nitro groups is 2. The van der Waals surface area contributed by atoms with E-state index in [9.17, 15) is 25.0 Å². The van der Waals surface area contributed by atoms with Gasteiger partial charge in [0.25, 0.3) is 11.4 Å². The molecule has 1 unspecified atom stereocenters. The Morgan fingerprint density at radius 1 is 1.23 bits per heavy atom. The topological polar surface area (TPSA) is 176 Å². The third kappa shape index (κ3) is 4.20. The molecule has 0 aromatic heterocycles. The van der Waals surface area contributed by atoms with E-state index in [4.69, 9.17) is 16.6 Å². The third-order valence-electron chi connectivity index (χ3n) is 3.29. The van der Waals surface area contributed by atoms with Gasteiger partial charge in [-0.3, -0.25) is 25.0 Å². The monoisotopic (exact) mass is 312 g/mol. The molecule has 1 aromatic carbocycles. The van der Waals surface area contributed by atoms with Crippen LogP contribution in [0.25, 0.3) is 0 Å². The van der Waals surface area contributed by atoms with E-state index in [1.807, 2.05) is 0 Å². The van der Waals surface area contributed by atoms with Gasteiger partial charge in [0.1, 0.15) is 6.04 Å². The fourth-order valence-electron chi connectivity index (χ4n) is 2.05. The zero-order chi connectivity index (χ0) is 16.9. The lowest BCUT2D eigenvalue weighted by molar-refractivity contribution is -0.394. The molecule has 22 heavy (non-hydrogen) atoms. The molecule has 0 aliphatic heterocycles. The number of nitrogens with two attached hydrogens (primary N) is 2. The molecule has 1 rings (SSSR count). The highest BCUT2D eigenvalue weighted by atomic mass is 16.6. The average molecular weight is 312 g/mol.